The molecule has 0 fully saturated rings. The SMILES string of the molecule is Cc1cccc(NC(=O)C(=O)NCc2cccnc2)n1. The molecular formula is C14H14N4O2. The minimum absolute atomic E-state index is 0.251. The Bertz CT molecular complexity index is 614. The molecule has 0 saturated carbocycles. The summed E-state index contributed by atoms with van der Waals surface area (Å²) in [6.07, 6.45) is 3.27. The van der Waals surface area contributed by atoms with E-state index < -0.39 is 11.8 Å². The molecule has 2 rings (SSSR count). The van der Waals surface area contributed by atoms with Crippen LogP contribution in [-0.4, -0.2) is 21.8 Å². The van der Waals surface area contributed by atoms with Crippen LogP contribution in [0.1, 0.15) is 11.3 Å². The minimum atomic E-state index is -0.744. The number of amides is 2. The molecule has 102 valence electrons. The van der Waals surface area contributed by atoms with Crippen molar-refractivity contribution in [2.24, 2.45) is 0 Å². The average molecular weight is 270 g/mol. The standard InChI is InChI=1S/C14H14N4O2/c1-10-4-2-6-12(17-10)18-14(20)13(19)16-9-11-5-3-7-15-8-11/h2-8H,9H2,1H3,(H,16,19)(H,17,18,20). The molecule has 0 atom stereocenters. The van der Waals surface area contributed by atoms with Gasteiger partial charge in [-0.25, -0.2) is 4.98 Å². The van der Waals surface area contributed by atoms with Gasteiger partial charge in [-0.1, -0.05) is 12.1 Å². The topological polar surface area (TPSA) is 84.0 Å². The maximum Gasteiger partial charge on any atom is 0.314 e. The van der Waals surface area contributed by atoms with Crippen molar-refractivity contribution >= 4 is 17.6 Å². The number of aromatic nitrogens is 2. The highest BCUT2D eigenvalue weighted by Crippen LogP contribution is 2.03. The lowest BCUT2D eigenvalue weighted by Crippen LogP contribution is -2.35. The highest BCUT2D eigenvalue weighted by Gasteiger charge is 2.13. The Kier molecular flexibility index (Phi) is 4.39. The quantitative estimate of drug-likeness (QED) is 0.816. The zero-order chi connectivity index (χ0) is 14.4. The predicted molar refractivity (Wildman–Crippen MR) is 73.7 cm³/mol. The number of carbonyl (C=O) groups excluding carboxylic acids is 2. The molecule has 2 amide bonds. The fourth-order valence-electron chi connectivity index (χ4n) is 1.55. The lowest BCUT2D eigenvalue weighted by molar-refractivity contribution is -0.136. The molecule has 0 aliphatic heterocycles. The van der Waals surface area contributed by atoms with Crippen molar-refractivity contribution in [1.82, 2.24) is 15.3 Å². The van der Waals surface area contributed by atoms with Gasteiger partial charge in [0.1, 0.15) is 5.82 Å². The molecule has 6 nitrogen and oxygen atoms in total. The van der Waals surface area contributed by atoms with Crippen LogP contribution in [0.3, 0.4) is 0 Å². The van der Waals surface area contributed by atoms with Crippen molar-refractivity contribution in [2.75, 3.05) is 5.32 Å². The van der Waals surface area contributed by atoms with E-state index in [1.807, 2.05) is 6.07 Å². The zero-order valence-electron chi connectivity index (χ0n) is 11.0. The van der Waals surface area contributed by atoms with E-state index in [1.54, 1.807) is 43.6 Å². The van der Waals surface area contributed by atoms with E-state index in [4.69, 9.17) is 0 Å². The van der Waals surface area contributed by atoms with E-state index in [0.29, 0.717) is 5.82 Å². The van der Waals surface area contributed by atoms with Gasteiger partial charge in [0.15, 0.2) is 0 Å². The highest BCUT2D eigenvalue weighted by molar-refractivity contribution is 6.39. The molecule has 2 aromatic heterocycles. The molecule has 20 heavy (non-hydrogen) atoms. The van der Waals surface area contributed by atoms with Crippen LogP contribution in [0.4, 0.5) is 5.82 Å². The van der Waals surface area contributed by atoms with Crippen LogP contribution in [0.5, 0.6) is 0 Å². The largest absolute Gasteiger partial charge is 0.344 e. The van der Waals surface area contributed by atoms with E-state index in [0.717, 1.165) is 11.3 Å². The monoisotopic (exact) mass is 270 g/mol. The number of anilines is 1. The first-order chi connectivity index (χ1) is 9.65. The second-order valence-corrected chi connectivity index (χ2v) is 4.16. The number of carbonyl (C=O) groups is 2. The van der Waals surface area contributed by atoms with Crippen molar-refractivity contribution < 1.29 is 9.59 Å². The summed E-state index contributed by atoms with van der Waals surface area (Å²) in [5.74, 6) is -1.10. The second-order valence-electron chi connectivity index (χ2n) is 4.16. The van der Waals surface area contributed by atoms with Gasteiger partial charge in [0.05, 0.1) is 0 Å². The summed E-state index contributed by atoms with van der Waals surface area (Å²) in [6, 6.07) is 8.76. The number of rotatable bonds is 3. The molecule has 0 radical (unpaired) electrons. The first kappa shape index (κ1) is 13.7. The van der Waals surface area contributed by atoms with Crippen molar-refractivity contribution in [3.63, 3.8) is 0 Å². The van der Waals surface area contributed by atoms with Crippen LogP contribution in [-0.2, 0) is 16.1 Å². The third-order valence-electron chi connectivity index (χ3n) is 2.51. The van der Waals surface area contributed by atoms with Gasteiger partial charge < -0.3 is 10.6 Å². The number of hydrogen-bond acceptors (Lipinski definition) is 4. The van der Waals surface area contributed by atoms with E-state index >= 15 is 0 Å². The Morgan fingerprint density at radius 3 is 2.70 bits per heavy atom. The minimum Gasteiger partial charge on any atom is -0.344 e. The molecule has 2 aromatic rings. The second kappa shape index (κ2) is 6.42. The molecule has 0 saturated heterocycles. The average Bonchev–Trinajstić information content (AvgIpc) is 2.46. The van der Waals surface area contributed by atoms with Crippen molar-refractivity contribution in [3.05, 3.63) is 54.0 Å². The molecule has 0 bridgehead atoms. The maximum absolute atomic E-state index is 11.7. The first-order valence-corrected chi connectivity index (χ1v) is 6.07. The Morgan fingerprint density at radius 1 is 1.15 bits per heavy atom. The molecule has 2 N–H and O–H groups in total. The zero-order valence-corrected chi connectivity index (χ0v) is 11.0. The van der Waals surface area contributed by atoms with Gasteiger partial charge in [-0.05, 0) is 30.7 Å². The van der Waals surface area contributed by atoms with Gasteiger partial charge >= 0.3 is 11.8 Å². The van der Waals surface area contributed by atoms with Gasteiger partial charge in [-0.3, -0.25) is 14.6 Å². The Morgan fingerprint density at radius 2 is 2.00 bits per heavy atom. The summed E-state index contributed by atoms with van der Waals surface area (Å²) >= 11 is 0. The Hall–Kier alpha value is -2.76. The molecule has 0 spiro atoms. The molecular weight excluding hydrogens is 256 g/mol. The number of nitrogens with one attached hydrogen (secondary N) is 2. The third kappa shape index (κ3) is 3.88. The van der Waals surface area contributed by atoms with E-state index in [9.17, 15) is 9.59 Å². The molecule has 0 aromatic carbocycles. The van der Waals surface area contributed by atoms with Crippen LogP contribution in [0, 0.1) is 6.92 Å². The molecule has 0 unspecified atom stereocenters. The summed E-state index contributed by atoms with van der Waals surface area (Å²) in [6.45, 7) is 2.06. The van der Waals surface area contributed by atoms with Crippen LogP contribution < -0.4 is 10.6 Å². The number of pyridine rings is 2. The van der Waals surface area contributed by atoms with Crippen LogP contribution in [0.15, 0.2) is 42.7 Å². The van der Waals surface area contributed by atoms with Crippen molar-refractivity contribution in [1.29, 1.82) is 0 Å². The number of aryl methyl sites for hydroxylation is 1. The summed E-state index contributed by atoms with van der Waals surface area (Å²) in [5, 5.41) is 4.96. The molecule has 6 heteroatoms. The maximum atomic E-state index is 11.7. The lowest BCUT2D eigenvalue weighted by atomic mass is 10.3. The number of hydrogen-bond donors (Lipinski definition) is 2. The Balaban J connectivity index is 1.88. The fourth-order valence-corrected chi connectivity index (χ4v) is 1.55. The van der Waals surface area contributed by atoms with E-state index in [1.165, 1.54) is 0 Å². The molecule has 2 heterocycles. The van der Waals surface area contributed by atoms with Crippen molar-refractivity contribution in [3.8, 4) is 0 Å². The summed E-state index contributed by atoms with van der Waals surface area (Å²) in [5.41, 5.74) is 1.58. The Labute approximate surface area is 116 Å². The van der Waals surface area contributed by atoms with Gasteiger partial charge in [0.2, 0.25) is 0 Å². The van der Waals surface area contributed by atoms with Crippen LogP contribution in [0.25, 0.3) is 0 Å². The smallest absolute Gasteiger partial charge is 0.314 e. The van der Waals surface area contributed by atoms with Crippen LogP contribution >= 0.6 is 0 Å². The summed E-state index contributed by atoms with van der Waals surface area (Å²) in [4.78, 5) is 31.3. The lowest BCUT2D eigenvalue weighted by Gasteiger charge is -2.06. The first-order valence-electron chi connectivity index (χ1n) is 6.07. The third-order valence-corrected chi connectivity index (χ3v) is 2.51. The molecule has 0 aliphatic carbocycles. The predicted octanol–water partition coefficient (Wildman–Crippen LogP) is 1.04. The number of nitrogens with zero attached hydrogens (tertiary/aromatic N) is 2. The fraction of sp³-hybridized carbons (Fsp3) is 0.143. The highest BCUT2D eigenvalue weighted by atomic mass is 16.2. The van der Waals surface area contributed by atoms with Gasteiger partial charge in [0, 0.05) is 24.6 Å². The van der Waals surface area contributed by atoms with Crippen LogP contribution in [0.2, 0.25) is 0 Å². The van der Waals surface area contributed by atoms with Gasteiger partial charge in [-0.2, -0.15) is 0 Å². The van der Waals surface area contributed by atoms with Crippen molar-refractivity contribution in [2.45, 2.75) is 13.5 Å². The van der Waals surface area contributed by atoms with E-state index in [-0.39, 0.29) is 6.54 Å². The summed E-state index contributed by atoms with van der Waals surface area (Å²) in [7, 11) is 0. The summed E-state index contributed by atoms with van der Waals surface area (Å²) < 4.78 is 0. The normalized spacial score (nSPS) is 9.85. The van der Waals surface area contributed by atoms with Gasteiger partial charge in [-0.15, -0.1) is 0 Å². The molecule has 0 aliphatic rings. The van der Waals surface area contributed by atoms with Gasteiger partial charge in [0.25, 0.3) is 0 Å². The van der Waals surface area contributed by atoms with E-state index in [2.05, 4.69) is 20.6 Å².